The van der Waals surface area contributed by atoms with Crippen molar-refractivity contribution < 1.29 is 36.8 Å². The van der Waals surface area contributed by atoms with Gasteiger partial charge in [-0.15, -0.1) is 36.1 Å². The van der Waals surface area contributed by atoms with E-state index in [-0.39, 0.29) is 55.3 Å². The van der Waals surface area contributed by atoms with Crippen LogP contribution >= 0.6 is 0 Å². The third-order valence-corrected chi connectivity index (χ3v) is 13.1. The maximum absolute atomic E-state index is 9.16. The van der Waals surface area contributed by atoms with E-state index >= 15 is 0 Å². The predicted molar refractivity (Wildman–Crippen MR) is 311 cm³/mol. The summed E-state index contributed by atoms with van der Waals surface area (Å²) in [6.07, 6.45) is 23.2. The van der Waals surface area contributed by atoms with Gasteiger partial charge in [0.2, 0.25) is 5.95 Å². The van der Waals surface area contributed by atoms with Crippen molar-refractivity contribution in [3.8, 4) is 28.8 Å². The second-order valence-corrected chi connectivity index (χ2v) is 18.9. The van der Waals surface area contributed by atoms with Gasteiger partial charge in [0.05, 0.1) is 17.9 Å². The Bertz CT molecular complexity index is 4260. The second kappa shape index (κ2) is 21.4. The second-order valence-electron chi connectivity index (χ2n) is 18.9. The van der Waals surface area contributed by atoms with Crippen LogP contribution in [-0.2, 0) is 33.5 Å². The number of nitrogens with one attached hydrogen (secondary N) is 2. The zero-order valence-corrected chi connectivity index (χ0v) is 43.8. The van der Waals surface area contributed by atoms with Crippen LogP contribution in [0.1, 0.15) is 48.4 Å². The van der Waals surface area contributed by atoms with Gasteiger partial charge in [-0.25, -0.2) is 4.98 Å². The summed E-state index contributed by atoms with van der Waals surface area (Å²) in [6, 6.07) is 37.0. The van der Waals surface area contributed by atoms with Gasteiger partial charge in [-0.3, -0.25) is 4.98 Å². The number of rotatable bonds is 8. The quantitative estimate of drug-likeness (QED) is 0.116. The van der Waals surface area contributed by atoms with Crippen molar-refractivity contribution in [1.82, 2.24) is 29.7 Å². The molecule has 0 unspecified atom stereocenters. The van der Waals surface area contributed by atoms with Gasteiger partial charge in [-0.2, -0.15) is 23.9 Å². The van der Waals surface area contributed by atoms with E-state index in [9.17, 15) is 0 Å². The molecule has 76 heavy (non-hydrogen) atoms. The van der Waals surface area contributed by atoms with Crippen molar-refractivity contribution in [3.05, 3.63) is 254 Å². The van der Waals surface area contributed by atoms with Gasteiger partial charge >= 0.3 is 0 Å². The van der Waals surface area contributed by atoms with Gasteiger partial charge in [0.15, 0.2) is 14.6 Å². The number of anilines is 4. The van der Waals surface area contributed by atoms with Gasteiger partial charge in [0.1, 0.15) is 5.88 Å². The summed E-state index contributed by atoms with van der Waals surface area (Å²) in [5, 5.41) is 7.97. The predicted octanol–water partition coefficient (Wildman–Crippen LogP) is 14.2. The van der Waals surface area contributed by atoms with Crippen LogP contribution in [0, 0.1) is 18.8 Å². The molecule has 0 amide bonds. The van der Waals surface area contributed by atoms with Crippen molar-refractivity contribution in [2.24, 2.45) is 6.98 Å². The summed E-state index contributed by atoms with van der Waals surface area (Å²) in [5.74, 6) is 4.20. The normalized spacial score (nSPS) is 19.9. The number of nitrogens with zero attached hydrogens (tertiary/aromatic N) is 6. The third kappa shape index (κ3) is 9.71. The van der Waals surface area contributed by atoms with Crippen LogP contribution in [-0.4, -0.2) is 33.7 Å². The number of hydrogen-bond acceptors (Lipinski definition) is 7. The van der Waals surface area contributed by atoms with Gasteiger partial charge in [0, 0.05) is 85.3 Å². The zero-order chi connectivity index (χ0) is 57.7. The van der Waals surface area contributed by atoms with Gasteiger partial charge in [-0.05, 0) is 93.4 Å². The number of aromatic nitrogens is 4. The first kappa shape index (κ1) is 40.8. The zero-order valence-electron chi connectivity index (χ0n) is 49.5. The van der Waals surface area contributed by atoms with Crippen LogP contribution in [0.5, 0.6) is 11.6 Å². The van der Waals surface area contributed by atoms with Crippen molar-refractivity contribution in [3.63, 3.8) is 0 Å². The van der Waals surface area contributed by atoms with Crippen LogP contribution in [0.3, 0.4) is 0 Å². The molecule has 9 nitrogen and oxygen atoms in total. The van der Waals surface area contributed by atoms with E-state index in [0.717, 1.165) is 55.5 Å². The molecule has 0 bridgehead atoms. The number of ether oxygens (including phenoxy) is 1. The average Bonchev–Trinajstić information content (AvgIpc) is 1.68. The number of pyridine rings is 1. The van der Waals surface area contributed by atoms with Gasteiger partial charge in [-0.1, -0.05) is 146 Å². The average molecular weight is 1170 g/mol. The number of aryl methyl sites for hydroxylation is 1. The van der Waals surface area contributed by atoms with Crippen LogP contribution in [0.15, 0.2) is 219 Å². The van der Waals surface area contributed by atoms with Gasteiger partial charge in [0.25, 0.3) is 0 Å². The summed E-state index contributed by atoms with van der Waals surface area (Å²) in [7, 11) is 4.13. The fourth-order valence-electron chi connectivity index (χ4n) is 9.47. The molecular weight excluding hydrogens is 1110 g/mol. The fourth-order valence-corrected chi connectivity index (χ4v) is 9.47. The third-order valence-electron chi connectivity index (χ3n) is 13.1. The topological polar surface area (TPSA) is 75.4 Å². The number of imidazole rings is 1. The summed E-state index contributed by atoms with van der Waals surface area (Å²) in [5.41, 5.74) is 9.21. The molecule has 0 fully saturated rings. The fraction of sp³-hybridized carbons (Fsp3) is 0.0781. The molecule has 372 valence electrons. The largest absolute Gasteiger partial charge is 0.503 e. The minimum absolute atomic E-state index is 0. The van der Waals surface area contributed by atoms with Crippen LogP contribution in [0.25, 0.3) is 61.0 Å². The Kier molecular flexibility index (Phi) is 11.5. The number of para-hydroxylation sites is 5. The molecule has 0 atom stereocenters. The molecular formula is C64H51B2N8OPt-3. The van der Waals surface area contributed by atoms with E-state index in [1.807, 2.05) is 152 Å². The molecule has 9 aromatic rings. The van der Waals surface area contributed by atoms with Crippen molar-refractivity contribution >= 4 is 81.1 Å². The SMILES string of the molecule is [2H]c1c([2H])c([2H])c(-c2cc(N3[CH-]N(c4c(/C5=C/C=C\N/C=C\C=C/[B]5)cccc4/C4=C/C=C\N/C=C\C=C/[B]4)c4ccccc43)[c-]c(Oc3[c-]c4c(cc3)c3cc(C(C)(C)C)ccc3n4-c3nc4ccccc4n3C([2H])([2H])[2H])n2)c([2H])c1[2H].[Pt]. The smallest absolute Gasteiger partial charge is 0.213 e. The van der Waals surface area contributed by atoms with Crippen molar-refractivity contribution in [2.75, 3.05) is 9.80 Å². The van der Waals surface area contributed by atoms with Gasteiger partial charge < -0.3 is 34.3 Å². The molecule has 0 saturated carbocycles. The van der Waals surface area contributed by atoms with Crippen LogP contribution in [0.4, 0.5) is 22.7 Å². The first-order valence-electron chi connectivity index (χ1n) is 28.5. The number of benzene rings is 6. The Balaban J connectivity index is 0.00000736. The molecule has 6 aromatic carbocycles. The molecule has 3 aromatic heterocycles. The molecule has 0 spiro atoms. The first-order valence-corrected chi connectivity index (χ1v) is 24.5. The monoisotopic (exact) mass is 1170 g/mol. The summed E-state index contributed by atoms with van der Waals surface area (Å²) in [6.45, 7) is 5.72. The molecule has 6 heterocycles. The minimum Gasteiger partial charge on any atom is -0.503 e. The molecule has 12 heteroatoms. The van der Waals surface area contributed by atoms with E-state index in [1.165, 1.54) is 4.57 Å². The first-order chi connectivity index (χ1) is 40.0. The minimum atomic E-state index is -2.63. The summed E-state index contributed by atoms with van der Waals surface area (Å²) >= 11 is 0. The Morgan fingerprint density at radius 1 is 0.671 bits per heavy atom. The van der Waals surface area contributed by atoms with E-state index in [2.05, 4.69) is 81.2 Å². The molecule has 12 rings (SSSR count). The summed E-state index contributed by atoms with van der Waals surface area (Å²) in [4.78, 5) is 13.9. The van der Waals surface area contributed by atoms with E-state index < -0.39 is 37.2 Å². The maximum Gasteiger partial charge on any atom is 0.213 e. The molecule has 2 N–H and O–H groups in total. The Morgan fingerprint density at radius 3 is 2.07 bits per heavy atom. The maximum atomic E-state index is 9.16. The van der Waals surface area contributed by atoms with Crippen molar-refractivity contribution in [2.45, 2.75) is 26.2 Å². The molecule has 2 radical (unpaired) electrons. The Labute approximate surface area is 471 Å². The molecule has 3 aliphatic heterocycles. The standard InChI is InChI=1S/C64H51B2N8O.Pt/c1-64(2,3)45-29-32-56-51(39-45)48-31-30-47(42-60(48)74(56)63-70-54-25-8-9-26-57(54)71(63)4)75-61-41-46(40-55(69-61)44-19-6-5-7-20-44)72-43-73(59-28-11-10-27-58(59)72)62-49(52-23-17-37-67-35-14-12-33-65-52)21-16-22-50(62)53-24-18-38-68-36-15-13-34-66-53;/h5-40,43,67-68H,1-4H3;/q-3;/b33-12-,34-13-,35-14-,36-15-,37-17-,38-18-,52-23-,53-24-;/i4D3,5D,6D,7D,19D,20D;. The molecule has 0 saturated heterocycles. The number of fused-ring (bicyclic) bond motifs is 5. The van der Waals surface area contributed by atoms with Crippen molar-refractivity contribution in [1.29, 1.82) is 0 Å². The van der Waals surface area contributed by atoms with Crippen LogP contribution < -0.4 is 25.2 Å². The van der Waals surface area contributed by atoms with Crippen LogP contribution in [0.2, 0.25) is 0 Å². The van der Waals surface area contributed by atoms with E-state index in [4.69, 9.17) is 25.7 Å². The Hall–Kier alpha value is -8.52. The molecule has 3 aliphatic rings. The Morgan fingerprint density at radius 2 is 1.36 bits per heavy atom. The van der Waals surface area contributed by atoms with E-state index in [0.29, 0.717) is 27.8 Å². The number of hydrogen-bond donors (Lipinski definition) is 2. The molecule has 0 aliphatic carbocycles. The number of allylic oxidation sites excluding steroid dienone is 8. The van der Waals surface area contributed by atoms with E-state index in [1.54, 1.807) is 34.9 Å². The summed E-state index contributed by atoms with van der Waals surface area (Å²) < 4.78 is 80.4.